The monoisotopic (exact) mass is 343 g/mol. The second-order valence-electron chi connectivity index (χ2n) is 5.67. The molecule has 0 aliphatic heterocycles. The number of ether oxygens (including phenoxy) is 3. The lowest BCUT2D eigenvalue weighted by Gasteiger charge is -2.21. The molecule has 5 nitrogen and oxygen atoms in total. The Morgan fingerprint density at radius 1 is 1.16 bits per heavy atom. The van der Waals surface area contributed by atoms with Crippen LogP contribution in [0.25, 0.3) is 0 Å². The van der Waals surface area contributed by atoms with Crippen LogP contribution in [0.4, 0.5) is 0 Å². The second kappa shape index (κ2) is 9.69. The van der Waals surface area contributed by atoms with Crippen LogP contribution in [0.3, 0.4) is 0 Å². The fraction of sp³-hybridized carbons (Fsp3) is 0.350. The Kier molecular flexibility index (Phi) is 7.29. The molecule has 1 N–H and O–H groups in total. The van der Waals surface area contributed by atoms with E-state index in [-0.39, 0.29) is 12.0 Å². The van der Waals surface area contributed by atoms with Gasteiger partial charge in [-0.25, -0.2) is 0 Å². The maximum absolute atomic E-state index is 11.9. The molecule has 0 fully saturated rings. The Morgan fingerprint density at radius 2 is 1.92 bits per heavy atom. The van der Waals surface area contributed by atoms with Crippen LogP contribution in [0.5, 0.6) is 5.75 Å². The largest absolute Gasteiger partial charge is 0.498 e. The lowest BCUT2D eigenvalue weighted by molar-refractivity contribution is -0.116. The maximum atomic E-state index is 11.9. The summed E-state index contributed by atoms with van der Waals surface area (Å²) in [6, 6.07) is 7.83. The van der Waals surface area contributed by atoms with E-state index < -0.39 is 0 Å². The number of carbonyl (C=O) groups is 1. The molecule has 0 aromatic heterocycles. The zero-order valence-electron chi connectivity index (χ0n) is 15.0. The lowest BCUT2D eigenvalue weighted by Crippen LogP contribution is -2.23. The summed E-state index contributed by atoms with van der Waals surface area (Å²) in [6.07, 6.45) is 8.54. The Bertz CT molecular complexity index is 659. The van der Waals surface area contributed by atoms with Crippen molar-refractivity contribution >= 4 is 5.91 Å². The molecule has 1 aliphatic carbocycles. The van der Waals surface area contributed by atoms with Crippen molar-refractivity contribution < 1.29 is 19.0 Å². The van der Waals surface area contributed by atoms with Crippen molar-refractivity contribution in [1.82, 2.24) is 5.32 Å². The quantitative estimate of drug-likeness (QED) is 0.738. The summed E-state index contributed by atoms with van der Waals surface area (Å²) < 4.78 is 15.8. The SMILES string of the molecule is COC1=CC=C(/C=C/C(=O)NCCc2ccc(OC)cc2)CC1OC. The summed E-state index contributed by atoms with van der Waals surface area (Å²) in [7, 11) is 4.92. The summed E-state index contributed by atoms with van der Waals surface area (Å²) in [6.45, 7) is 0.586. The van der Waals surface area contributed by atoms with E-state index >= 15 is 0 Å². The number of nitrogens with one attached hydrogen (secondary N) is 1. The minimum atomic E-state index is -0.107. The fourth-order valence-corrected chi connectivity index (χ4v) is 2.57. The zero-order valence-corrected chi connectivity index (χ0v) is 15.0. The third-order valence-electron chi connectivity index (χ3n) is 4.04. The lowest BCUT2D eigenvalue weighted by atomic mass is 10.0. The van der Waals surface area contributed by atoms with Gasteiger partial charge in [0.15, 0.2) is 0 Å². The van der Waals surface area contributed by atoms with Crippen LogP contribution in [0.2, 0.25) is 0 Å². The first-order valence-corrected chi connectivity index (χ1v) is 8.22. The molecular weight excluding hydrogens is 318 g/mol. The predicted octanol–water partition coefficient (Wildman–Crippen LogP) is 2.79. The molecule has 1 atom stereocenters. The molecule has 1 aliphatic rings. The molecule has 0 spiro atoms. The van der Waals surface area contributed by atoms with Gasteiger partial charge in [0, 0.05) is 26.2 Å². The highest BCUT2D eigenvalue weighted by Gasteiger charge is 2.18. The average molecular weight is 343 g/mol. The fourth-order valence-electron chi connectivity index (χ4n) is 2.57. The smallest absolute Gasteiger partial charge is 0.243 e. The molecule has 25 heavy (non-hydrogen) atoms. The van der Waals surface area contributed by atoms with Crippen molar-refractivity contribution in [2.75, 3.05) is 27.9 Å². The number of hydrogen-bond donors (Lipinski definition) is 1. The Balaban J connectivity index is 1.78. The first-order valence-electron chi connectivity index (χ1n) is 8.22. The maximum Gasteiger partial charge on any atom is 0.243 e. The standard InChI is InChI=1S/C20H25NO4/c1-23-17-8-4-15(5-9-17)12-13-21-20(22)11-7-16-6-10-18(24-2)19(14-16)25-3/h4-11,19H,12-14H2,1-3H3,(H,21,22)/b11-7+. The van der Waals surface area contributed by atoms with Crippen molar-refractivity contribution in [2.45, 2.75) is 18.9 Å². The molecule has 0 saturated carbocycles. The second-order valence-corrected chi connectivity index (χ2v) is 5.67. The molecule has 0 radical (unpaired) electrons. The third-order valence-corrected chi connectivity index (χ3v) is 4.04. The van der Waals surface area contributed by atoms with E-state index in [1.54, 1.807) is 27.4 Å². The molecule has 134 valence electrons. The van der Waals surface area contributed by atoms with Crippen molar-refractivity contribution in [3.05, 3.63) is 65.5 Å². The molecular formula is C20H25NO4. The van der Waals surface area contributed by atoms with Crippen molar-refractivity contribution in [3.8, 4) is 5.75 Å². The summed E-state index contributed by atoms with van der Waals surface area (Å²) in [4.78, 5) is 11.9. The molecule has 1 aromatic carbocycles. The van der Waals surface area contributed by atoms with Gasteiger partial charge >= 0.3 is 0 Å². The first-order chi connectivity index (χ1) is 12.2. The summed E-state index contributed by atoms with van der Waals surface area (Å²) in [5.41, 5.74) is 2.18. The molecule has 1 amide bonds. The van der Waals surface area contributed by atoms with E-state index in [0.717, 1.165) is 29.1 Å². The zero-order chi connectivity index (χ0) is 18.1. The molecule has 0 bridgehead atoms. The number of rotatable bonds is 8. The first kappa shape index (κ1) is 18.8. The van der Waals surface area contributed by atoms with Gasteiger partial charge in [0.2, 0.25) is 5.91 Å². The Labute approximate surface area is 149 Å². The van der Waals surface area contributed by atoms with Crippen LogP contribution in [-0.2, 0) is 20.7 Å². The molecule has 0 heterocycles. The number of allylic oxidation sites excluding steroid dienone is 3. The third kappa shape index (κ3) is 5.80. The van der Waals surface area contributed by atoms with Gasteiger partial charge < -0.3 is 19.5 Å². The van der Waals surface area contributed by atoms with Crippen LogP contribution in [0.1, 0.15) is 12.0 Å². The van der Waals surface area contributed by atoms with Crippen molar-refractivity contribution in [1.29, 1.82) is 0 Å². The number of hydrogen-bond acceptors (Lipinski definition) is 4. The molecule has 1 aromatic rings. The molecule has 1 unspecified atom stereocenters. The van der Waals surface area contributed by atoms with Gasteiger partial charge in [-0.05, 0) is 35.8 Å². The van der Waals surface area contributed by atoms with E-state index in [0.29, 0.717) is 13.0 Å². The van der Waals surface area contributed by atoms with Gasteiger partial charge in [0.05, 0.1) is 14.2 Å². The average Bonchev–Trinajstić information content (AvgIpc) is 2.66. The highest BCUT2D eigenvalue weighted by molar-refractivity contribution is 5.87. The minimum absolute atomic E-state index is 0.104. The van der Waals surface area contributed by atoms with Crippen LogP contribution >= 0.6 is 0 Å². The minimum Gasteiger partial charge on any atom is -0.498 e. The van der Waals surface area contributed by atoms with Crippen LogP contribution in [0, 0.1) is 0 Å². The van der Waals surface area contributed by atoms with Crippen molar-refractivity contribution in [2.24, 2.45) is 0 Å². The van der Waals surface area contributed by atoms with Gasteiger partial charge in [0.1, 0.15) is 17.6 Å². The normalized spacial score (nSPS) is 17.0. The number of carbonyl (C=O) groups excluding carboxylic acids is 1. The van der Waals surface area contributed by atoms with Gasteiger partial charge in [-0.15, -0.1) is 0 Å². The highest BCUT2D eigenvalue weighted by atomic mass is 16.5. The number of methoxy groups -OCH3 is 3. The van der Waals surface area contributed by atoms with E-state index in [9.17, 15) is 4.79 Å². The van der Waals surface area contributed by atoms with Gasteiger partial charge in [-0.1, -0.05) is 24.3 Å². The number of amides is 1. The van der Waals surface area contributed by atoms with Crippen LogP contribution in [0.15, 0.2) is 59.9 Å². The van der Waals surface area contributed by atoms with Crippen LogP contribution < -0.4 is 10.1 Å². The highest BCUT2D eigenvalue weighted by Crippen LogP contribution is 2.22. The molecule has 0 saturated heterocycles. The number of benzene rings is 1. The van der Waals surface area contributed by atoms with Gasteiger partial charge in [-0.3, -0.25) is 4.79 Å². The summed E-state index contributed by atoms with van der Waals surface area (Å²) >= 11 is 0. The van der Waals surface area contributed by atoms with E-state index in [2.05, 4.69) is 5.32 Å². The predicted molar refractivity (Wildman–Crippen MR) is 97.4 cm³/mol. The van der Waals surface area contributed by atoms with Gasteiger partial charge in [-0.2, -0.15) is 0 Å². The van der Waals surface area contributed by atoms with E-state index in [1.807, 2.05) is 42.5 Å². The van der Waals surface area contributed by atoms with E-state index in [1.165, 1.54) is 0 Å². The topological polar surface area (TPSA) is 56.8 Å². The van der Waals surface area contributed by atoms with E-state index in [4.69, 9.17) is 14.2 Å². The van der Waals surface area contributed by atoms with Gasteiger partial charge in [0.25, 0.3) is 0 Å². The molecule has 5 heteroatoms. The Morgan fingerprint density at radius 3 is 2.56 bits per heavy atom. The van der Waals surface area contributed by atoms with Crippen molar-refractivity contribution in [3.63, 3.8) is 0 Å². The molecule has 2 rings (SSSR count). The Hall–Kier alpha value is -2.53. The van der Waals surface area contributed by atoms with Crippen LogP contribution in [-0.4, -0.2) is 39.9 Å². The summed E-state index contributed by atoms with van der Waals surface area (Å²) in [5, 5.41) is 2.89. The summed E-state index contributed by atoms with van der Waals surface area (Å²) in [5.74, 6) is 1.52.